The molecule has 2 rings (SSSR count). The number of carboxylic acid groups (broad SMARTS) is 1. The Kier molecular flexibility index (Phi) is 4.94. The van der Waals surface area contributed by atoms with Gasteiger partial charge < -0.3 is 10.8 Å². The summed E-state index contributed by atoms with van der Waals surface area (Å²) in [7, 11) is -4.10. The van der Waals surface area contributed by atoms with Gasteiger partial charge in [-0.25, -0.2) is 18.2 Å². The fourth-order valence-corrected chi connectivity index (χ4v) is 3.26. The van der Waals surface area contributed by atoms with Crippen molar-refractivity contribution in [2.45, 2.75) is 24.8 Å². The molecule has 0 saturated heterocycles. The van der Waals surface area contributed by atoms with Gasteiger partial charge in [0.25, 0.3) is 10.0 Å². The monoisotopic (exact) mass is 374 g/mol. The molecule has 0 bridgehead atoms. The number of carboxylic acids is 1. The van der Waals surface area contributed by atoms with Crippen molar-refractivity contribution in [1.29, 1.82) is 0 Å². The minimum absolute atomic E-state index is 0.0963. The second-order valence-electron chi connectivity index (χ2n) is 5.22. The summed E-state index contributed by atoms with van der Waals surface area (Å²) in [5.74, 6) is -1.81. The summed E-state index contributed by atoms with van der Waals surface area (Å²) >= 11 is 5.73. The van der Waals surface area contributed by atoms with Crippen LogP contribution in [-0.2, 0) is 14.8 Å². The molecule has 0 radical (unpaired) electrons. The molecule has 10 nitrogen and oxygen atoms in total. The van der Waals surface area contributed by atoms with Crippen molar-refractivity contribution in [1.82, 2.24) is 20.0 Å². The number of hydrogen-bond acceptors (Lipinski definition) is 7. The molecule has 0 fully saturated rings. The number of carbonyl (C=O) groups is 1. The third kappa shape index (κ3) is 3.74. The Balaban J connectivity index is 2.32. The van der Waals surface area contributed by atoms with Gasteiger partial charge in [-0.2, -0.15) is 9.90 Å². The first-order valence-corrected chi connectivity index (χ1v) is 8.56. The van der Waals surface area contributed by atoms with Crippen LogP contribution < -0.4 is 10.5 Å². The minimum Gasteiger partial charge on any atom is -0.480 e. The molecular weight excluding hydrogens is 360 g/mol. The smallest absolute Gasteiger partial charge is 0.330 e. The molecule has 24 heavy (non-hydrogen) atoms. The van der Waals surface area contributed by atoms with Gasteiger partial charge in [0.1, 0.15) is 10.7 Å². The number of sulfonamides is 1. The van der Waals surface area contributed by atoms with Crippen molar-refractivity contribution in [3.05, 3.63) is 23.5 Å². The first-order valence-electron chi connectivity index (χ1n) is 6.70. The number of nitrogens with one attached hydrogen (secondary N) is 1. The second kappa shape index (κ2) is 6.61. The van der Waals surface area contributed by atoms with E-state index in [4.69, 9.17) is 17.3 Å². The van der Waals surface area contributed by atoms with Gasteiger partial charge in [-0.1, -0.05) is 25.4 Å². The van der Waals surface area contributed by atoms with Gasteiger partial charge in [-0.15, -0.1) is 5.10 Å². The fraction of sp³-hybridized carbons (Fsp3) is 0.333. The van der Waals surface area contributed by atoms with Crippen molar-refractivity contribution >= 4 is 39.2 Å². The van der Waals surface area contributed by atoms with E-state index in [2.05, 4.69) is 19.9 Å². The first-order chi connectivity index (χ1) is 11.1. The predicted octanol–water partition coefficient (Wildman–Crippen LogP) is 0.991. The van der Waals surface area contributed by atoms with Crippen molar-refractivity contribution < 1.29 is 18.3 Å². The van der Waals surface area contributed by atoms with Gasteiger partial charge in [0.15, 0.2) is 11.9 Å². The van der Waals surface area contributed by atoms with Crippen LogP contribution in [0, 0.1) is 5.92 Å². The molecule has 0 aliphatic carbocycles. The van der Waals surface area contributed by atoms with E-state index in [-0.39, 0.29) is 27.5 Å². The summed E-state index contributed by atoms with van der Waals surface area (Å²) in [6.07, 6.45) is 2.32. The molecule has 130 valence electrons. The minimum atomic E-state index is -4.10. The zero-order chi connectivity index (χ0) is 18.1. The molecule has 2 aromatic rings. The summed E-state index contributed by atoms with van der Waals surface area (Å²) in [5.41, 5.74) is 5.55. The van der Waals surface area contributed by atoms with E-state index in [1.807, 2.05) is 0 Å². The molecule has 2 aromatic heterocycles. The Hall–Kier alpha value is -2.40. The lowest BCUT2D eigenvalue weighted by atomic mass is 10.1. The van der Waals surface area contributed by atoms with Crippen LogP contribution in [0.25, 0.3) is 0 Å². The standard InChI is InChI=1S/C12H15ClN6O4S/c1-6(2)10(12(20)21)19-16-5-9(17-19)18-24(22,23)8-3-7(13)4-15-11(8)14/h3-6,10H,1-2H3,(H2,14,15)(H,17,18)(H,20,21). The Morgan fingerprint density at radius 1 is 1.42 bits per heavy atom. The SMILES string of the molecule is CC(C)C(C(=O)O)n1ncc(NS(=O)(=O)c2cc(Cl)cnc2N)n1. The molecule has 12 heteroatoms. The normalized spacial score (nSPS) is 13.0. The van der Waals surface area contributed by atoms with Crippen LogP contribution in [0.5, 0.6) is 0 Å². The zero-order valence-corrected chi connectivity index (χ0v) is 14.3. The summed E-state index contributed by atoms with van der Waals surface area (Å²) in [4.78, 5) is 15.6. The number of rotatable bonds is 6. The molecule has 2 heterocycles. The zero-order valence-electron chi connectivity index (χ0n) is 12.7. The molecule has 0 spiro atoms. The van der Waals surface area contributed by atoms with Gasteiger partial charge in [0.2, 0.25) is 0 Å². The maximum atomic E-state index is 12.3. The average Bonchev–Trinajstić information content (AvgIpc) is 2.87. The quantitative estimate of drug-likeness (QED) is 0.676. The number of nitrogens with two attached hydrogens (primary N) is 1. The van der Waals surface area contributed by atoms with Gasteiger partial charge >= 0.3 is 5.97 Å². The summed E-state index contributed by atoms with van der Waals surface area (Å²) < 4.78 is 26.8. The number of hydrogen-bond donors (Lipinski definition) is 3. The van der Waals surface area contributed by atoms with Crippen LogP contribution in [0.3, 0.4) is 0 Å². The molecule has 4 N–H and O–H groups in total. The molecule has 0 aromatic carbocycles. The van der Waals surface area contributed by atoms with Crippen LogP contribution in [0.2, 0.25) is 5.02 Å². The van der Waals surface area contributed by atoms with Crippen LogP contribution in [0.15, 0.2) is 23.4 Å². The molecule has 0 aliphatic heterocycles. The number of aromatic nitrogens is 4. The van der Waals surface area contributed by atoms with E-state index in [1.54, 1.807) is 13.8 Å². The Morgan fingerprint density at radius 2 is 2.08 bits per heavy atom. The lowest BCUT2D eigenvalue weighted by Gasteiger charge is -2.14. The van der Waals surface area contributed by atoms with Gasteiger partial charge in [0, 0.05) is 6.20 Å². The molecule has 1 unspecified atom stereocenters. The molecular formula is C12H15ClN6O4S. The fourth-order valence-electron chi connectivity index (χ4n) is 1.95. The molecule has 0 amide bonds. The Bertz CT molecular complexity index is 866. The number of aliphatic carboxylic acids is 1. The lowest BCUT2D eigenvalue weighted by molar-refractivity contribution is -0.143. The maximum absolute atomic E-state index is 12.3. The number of nitrogens with zero attached hydrogens (tertiary/aromatic N) is 4. The van der Waals surface area contributed by atoms with Crippen LogP contribution in [-0.4, -0.2) is 39.5 Å². The summed E-state index contributed by atoms with van der Waals surface area (Å²) in [6.45, 7) is 3.37. The molecule has 0 aliphatic rings. The van der Waals surface area contributed by atoms with Crippen molar-refractivity contribution in [2.75, 3.05) is 10.5 Å². The number of pyridine rings is 1. The highest BCUT2D eigenvalue weighted by Crippen LogP contribution is 2.23. The van der Waals surface area contributed by atoms with E-state index in [0.717, 1.165) is 17.1 Å². The molecule has 1 atom stereocenters. The highest BCUT2D eigenvalue weighted by molar-refractivity contribution is 7.92. The third-order valence-corrected chi connectivity index (χ3v) is 4.61. The van der Waals surface area contributed by atoms with Gasteiger partial charge in [-0.3, -0.25) is 4.72 Å². The maximum Gasteiger partial charge on any atom is 0.330 e. The highest BCUT2D eigenvalue weighted by atomic mass is 35.5. The predicted molar refractivity (Wildman–Crippen MR) is 86.0 cm³/mol. The summed E-state index contributed by atoms with van der Waals surface area (Å²) in [5, 5.41) is 17.0. The van der Waals surface area contributed by atoms with Crippen molar-refractivity contribution in [3.63, 3.8) is 0 Å². The highest BCUT2D eigenvalue weighted by Gasteiger charge is 2.27. The van der Waals surface area contributed by atoms with Gasteiger partial charge in [-0.05, 0) is 12.0 Å². The largest absolute Gasteiger partial charge is 0.480 e. The molecule has 0 saturated carbocycles. The number of halogens is 1. The van der Waals surface area contributed by atoms with E-state index >= 15 is 0 Å². The van der Waals surface area contributed by atoms with Crippen molar-refractivity contribution in [2.24, 2.45) is 5.92 Å². The van der Waals surface area contributed by atoms with Crippen LogP contribution >= 0.6 is 11.6 Å². The lowest BCUT2D eigenvalue weighted by Crippen LogP contribution is -2.26. The van der Waals surface area contributed by atoms with E-state index in [9.17, 15) is 18.3 Å². The van der Waals surface area contributed by atoms with E-state index in [1.165, 1.54) is 6.20 Å². The van der Waals surface area contributed by atoms with Crippen molar-refractivity contribution in [3.8, 4) is 0 Å². The Morgan fingerprint density at radius 3 is 2.67 bits per heavy atom. The first kappa shape index (κ1) is 17.9. The van der Waals surface area contributed by atoms with E-state index in [0.29, 0.717) is 0 Å². The van der Waals surface area contributed by atoms with Gasteiger partial charge in [0.05, 0.1) is 11.2 Å². The average molecular weight is 375 g/mol. The van der Waals surface area contributed by atoms with Crippen LogP contribution in [0.1, 0.15) is 19.9 Å². The number of nitrogen functional groups attached to an aromatic ring is 1. The van der Waals surface area contributed by atoms with E-state index < -0.39 is 22.0 Å². The summed E-state index contributed by atoms with van der Waals surface area (Å²) in [6, 6.07) is 0.117. The second-order valence-corrected chi connectivity index (χ2v) is 7.31. The topological polar surface area (TPSA) is 153 Å². The Labute approximate surface area is 142 Å². The third-order valence-electron chi connectivity index (χ3n) is 3.02. The van der Waals surface area contributed by atoms with Crippen LogP contribution in [0.4, 0.5) is 11.6 Å². The number of anilines is 2.